The van der Waals surface area contributed by atoms with Crippen LogP contribution in [0, 0.1) is 6.92 Å². The van der Waals surface area contributed by atoms with Crippen LogP contribution in [0.1, 0.15) is 30.5 Å². The fourth-order valence-corrected chi connectivity index (χ4v) is 5.91. The lowest BCUT2D eigenvalue weighted by Gasteiger charge is -2.13. The molecule has 0 aliphatic heterocycles. The van der Waals surface area contributed by atoms with E-state index < -0.39 is 0 Å². The number of allylic oxidation sites excluding steroid dienone is 6. The lowest BCUT2D eigenvalue weighted by atomic mass is 9.97. The van der Waals surface area contributed by atoms with Gasteiger partial charge in [-0.1, -0.05) is 116 Å². The van der Waals surface area contributed by atoms with Crippen LogP contribution in [0.4, 0.5) is 5.69 Å². The number of fused-ring (bicyclic) bond motifs is 3. The second-order valence-electron chi connectivity index (χ2n) is 11.1. The molecular weight excluding hydrogens is 520 g/mol. The van der Waals surface area contributed by atoms with E-state index in [4.69, 9.17) is 0 Å². The number of benzene rings is 5. The molecule has 2 nitrogen and oxygen atoms in total. The minimum Gasteiger partial charge on any atom is -0.359 e. The zero-order valence-corrected chi connectivity index (χ0v) is 25.1. The molecule has 0 aliphatic rings. The van der Waals surface area contributed by atoms with Crippen molar-refractivity contribution in [2.75, 3.05) is 5.32 Å². The zero-order valence-electron chi connectivity index (χ0n) is 25.1. The Kier molecular flexibility index (Phi) is 7.68. The summed E-state index contributed by atoms with van der Waals surface area (Å²) >= 11 is 0. The maximum absolute atomic E-state index is 4.03. The van der Waals surface area contributed by atoms with E-state index in [-0.39, 0.29) is 0 Å². The van der Waals surface area contributed by atoms with Crippen LogP contribution in [0.15, 0.2) is 152 Å². The van der Waals surface area contributed by atoms with Gasteiger partial charge in [0, 0.05) is 33.4 Å². The van der Waals surface area contributed by atoms with E-state index in [1.807, 2.05) is 19.1 Å². The maximum Gasteiger partial charge on any atom is 0.0541 e. The van der Waals surface area contributed by atoms with Crippen molar-refractivity contribution < 1.29 is 0 Å². The molecule has 5 aromatic carbocycles. The largest absolute Gasteiger partial charge is 0.359 e. The zero-order chi connectivity index (χ0) is 29.9. The summed E-state index contributed by atoms with van der Waals surface area (Å²) in [6, 6.07) is 41.3. The molecule has 0 saturated carbocycles. The Morgan fingerprint density at radius 1 is 0.721 bits per heavy atom. The van der Waals surface area contributed by atoms with Crippen molar-refractivity contribution in [3.8, 4) is 16.8 Å². The van der Waals surface area contributed by atoms with Gasteiger partial charge < -0.3 is 9.88 Å². The lowest BCUT2D eigenvalue weighted by Crippen LogP contribution is -1.97. The Bertz CT molecular complexity index is 2070. The fourth-order valence-electron chi connectivity index (χ4n) is 5.91. The smallest absolute Gasteiger partial charge is 0.0541 e. The van der Waals surface area contributed by atoms with Crippen molar-refractivity contribution in [2.45, 2.75) is 20.8 Å². The topological polar surface area (TPSA) is 17.0 Å². The van der Waals surface area contributed by atoms with E-state index in [0.717, 1.165) is 39.3 Å². The van der Waals surface area contributed by atoms with Crippen LogP contribution in [0.3, 0.4) is 0 Å². The molecule has 1 N–H and O–H groups in total. The van der Waals surface area contributed by atoms with Crippen LogP contribution in [0.2, 0.25) is 0 Å². The number of aryl methyl sites for hydroxylation is 1. The van der Waals surface area contributed by atoms with Gasteiger partial charge in [-0.2, -0.15) is 0 Å². The summed E-state index contributed by atoms with van der Waals surface area (Å²) in [5, 5.41) is 5.85. The highest BCUT2D eigenvalue weighted by atomic mass is 15.0. The summed E-state index contributed by atoms with van der Waals surface area (Å²) in [5.74, 6) is 0. The average Bonchev–Trinajstić information content (AvgIpc) is 3.34. The van der Waals surface area contributed by atoms with Crippen molar-refractivity contribution in [2.24, 2.45) is 0 Å². The number of anilines is 1. The van der Waals surface area contributed by atoms with Crippen LogP contribution in [0.25, 0.3) is 49.8 Å². The van der Waals surface area contributed by atoms with Crippen molar-refractivity contribution in [3.63, 3.8) is 0 Å². The summed E-state index contributed by atoms with van der Waals surface area (Å²) in [6.07, 6.45) is 6.19. The predicted octanol–water partition coefficient (Wildman–Crippen LogP) is 11.4. The summed E-state index contributed by atoms with van der Waals surface area (Å²) in [5.41, 5.74) is 13.7. The second-order valence-corrected chi connectivity index (χ2v) is 11.1. The van der Waals surface area contributed by atoms with E-state index >= 15 is 0 Å². The Morgan fingerprint density at radius 3 is 2.23 bits per heavy atom. The fraction of sp³-hybridized carbons (Fsp3) is 0.0732. The number of nitrogens with zero attached hydrogens (tertiary/aromatic N) is 1. The van der Waals surface area contributed by atoms with Gasteiger partial charge in [-0.25, -0.2) is 0 Å². The molecule has 2 heteroatoms. The van der Waals surface area contributed by atoms with E-state index in [0.29, 0.717) is 0 Å². The molecule has 6 rings (SSSR count). The van der Waals surface area contributed by atoms with Gasteiger partial charge in [0.25, 0.3) is 0 Å². The average molecular weight is 557 g/mol. The normalized spacial score (nSPS) is 12.1. The Balaban J connectivity index is 1.48. The van der Waals surface area contributed by atoms with Gasteiger partial charge in [-0.05, 0) is 85.0 Å². The highest BCUT2D eigenvalue weighted by Gasteiger charge is 2.14. The Hall–Kier alpha value is -5.34. The molecule has 0 bridgehead atoms. The molecule has 0 atom stereocenters. The minimum absolute atomic E-state index is 0.911. The molecule has 6 aromatic rings. The molecule has 0 fully saturated rings. The van der Waals surface area contributed by atoms with Crippen molar-refractivity contribution in [3.05, 3.63) is 169 Å². The van der Waals surface area contributed by atoms with E-state index in [1.165, 1.54) is 38.5 Å². The summed E-state index contributed by atoms with van der Waals surface area (Å²) in [4.78, 5) is 0. The molecule has 0 unspecified atom stereocenters. The van der Waals surface area contributed by atoms with Gasteiger partial charge in [-0.3, -0.25) is 0 Å². The van der Waals surface area contributed by atoms with Crippen LogP contribution in [-0.4, -0.2) is 4.57 Å². The van der Waals surface area contributed by atoms with Crippen molar-refractivity contribution >= 4 is 38.6 Å². The van der Waals surface area contributed by atoms with Crippen molar-refractivity contribution in [1.29, 1.82) is 0 Å². The first-order valence-electron chi connectivity index (χ1n) is 14.7. The summed E-state index contributed by atoms with van der Waals surface area (Å²) in [7, 11) is 0. The Labute approximate surface area is 254 Å². The molecule has 43 heavy (non-hydrogen) atoms. The first-order valence-corrected chi connectivity index (χ1v) is 14.7. The van der Waals surface area contributed by atoms with Gasteiger partial charge in [0.15, 0.2) is 0 Å². The molecule has 0 amide bonds. The number of aromatic nitrogens is 1. The predicted molar refractivity (Wildman–Crippen MR) is 188 cm³/mol. The number of hydrogen-bond donors (Lipinski definition) is 1. The molecule has 0 radical (unpaired) electrons. The molecule has 210 valence electrons. The first-order chi connectivity index (χ1) is 20.9. The SMILES string of the molecule is C=C/C=C(\C=C(/C)c1ccccc1NC(=C)C)c1ccc2c(c1)c1ccccc1n2-c1cccc(-c2cccc(C)c2)c1. The Morgan fingerprint density at radius 2 is 1.44 bits per heavy atom. The van der Waals surface area contributed by atoms with Gasteiger partial charge in [0.05, 0.1) is 11.0 Å². The third-order valence-electron chi connectivity index (χ3n) is 7.83. The molecule has 1 heterocycles. The quantitative estimate of drug-likeness (QED) is 0.185. The van der Waals surface area contributed by atoms with Gasteiger partial charge in [0.2, 0.25) is 0 Å². The highest BCUT2D eigenvalue weighted by molar-refractivity contribution is 6.10. The van der Waals surface area contributed by atoms with Crippen LogP contribution < -0.4 is 5.32 Å². The van der Waals surface area contributed by atoms with Crippen LogP contribution in [-0.2, 0) is 0 Å². The molecule has 0 aliphatic carbocycles. The van der Waals surface area contributed by atoms with Crippen molar-refractivity contribution in [1.82, 2.24) is 4.57 Å². The van der Waals surface area contributed by atoms with E-state index in [1.54, 1.807) is 0 Å². The molecule has 1 aromatic heterocycles. The first kappa shape index (κ1) is 27.8. The van der Waals surface area contributed by atoms with Crippen LogP contribution in [0.5, 0.6) is 0 Å². The minimum atomic E-state index is 0.911. The van der Waals surface area contributed by atoms with Crippen LogP contribution >= 0.6 is 0 Å². The third kappa shape index (κ3) is 5.60. The lowest BCUT2D eigenvalue weighted by molar-refractivity contribution is 1.18. The van der Waals surface area contributed by atoms with Gasteiger partial charge in [0.1, 0.15) is 0 Å². The number of hydrogen-bond acceptors (Lipinski definition) is 1. The summed E-state index contributed by atoms with van der Waals surface area (Å²) in [6.45, 7) is 14.3. The summed E-state index contributed by atoms with van der Waals surface area (Å²) < 4.78 is 2.38. The van der Waals surface area contributed by atoms with E-state index in [9.17, 15) is 0 Å². The number of para-hydroxylation sites is 2. The van der Waals surface area contributed by atoms with E-state index in [2.05, 4.69) is 158 Å². The molecule has 0 spiro atoms. The number of rotatable bonds is 8. The number of nitrogens with one attached hydrogen (secondary N) is 1. The van der Waals surface area contributed by atoms with Gasteiger partial charge in [-0.15, -0.1) is 0 Å². The highest BCUT2D eigenvalue weighted by Crippen LogP contribution is 2.36. The second kappa shape index (κ2) is 11.9. The maximum atomic E-state index is 4.03. The van der Waals surface area contributed by atoms with Gasteiger partial charge >= 0.3 is 0 Å². The monoisotopic (exact) mass is 556 g/mol. The molecular formula is C41H36N2. The third-order valence-corrected chi connectivity index (χ3v) is 7.83. The standard InChI is InChI=1S/C41H36N2/c1-6-13-31(25-30(5)36-18-7-9-20-39(36)42-28(2)3)34-22-23-41-38(27-34)37-19-8-10-21-40(37)43(41)35-17-12-16-33(26-35)32-15-11-14-29(4)24-32/h6-27,42H,1-2H2,3-5H3/b30-25+,31-13+. The molecule has 0 saturated heterocycles.